The van der Waals surface area contributed by atoms with Crippen LogP contribution in [0.5, 0.6) is 0 Å². The minimum absolute atomic E-state index is 0.0168. The molecule has 3 fully saturated rings. The van der Waals surface area contributed by atoms with Gasteiger partial charge >= 0.3 is 0 Å². The van der Waals surface area contributed by atoms with Crippen molar-refractivity contribution < 1.29 is 32.8 Å². The molecule has 6 aliphatic rings. The largest absolute Gasteiger partial charge is 0.384 e. The average molecular weight is 920 g/mol. The number of carbonyl (C=O) groups is 5. The third-order valence-corrected chi connectivity index (χ3v) is 15.1. The Morgan fingerprint density at radius 2 is 1.66 bits per heavy atom. The average Bonchev–Trinajstić information content (AvgIpc) is 4.01. The zero-order valence-corrected chi connectivity index (χ0v) is 38.3. The molecule has 10 rings (SSSR count). The molecule has 18 heteroatoms. The third-order valence-electron chi connectivity index (χ3n) is 15.1. The number of halogens is 2. The van der Waals surface area contributed by atoms with Gasteiger partial charge in [0.2, 0.25) is 17.7 Å². The van der Waals surface area contributed by atoms with E-state index < -0.39 is 36.1 Å². The van der Waals surface area contributed by atoms with Crippen molar-refractivity contribution in [2.24, 2.45) is 13.0 Å². The van der Waals surface area contributed by atoms with E-state index in [1.165, 1.54) is 0 Å². The van der Waals surface area contributed by atoms with Crippen LogP contribution in [0, 0.1) is 5.92 Å². The van der Waals surface area contributed by atoms with Gasteiger partial charge in [0.05, 0.1) is 29.9 Å². The number of carbonyl (C=O) groups excluding carboxylic acids is 5. The Labute approximate surface area is 388 Å². The van der Waals surface area contributed by atoms with Crippen LogP contribution >= 0.6 is 0 Å². The fourth-order valence-electron chi connectivity index (χ4n) is 11.3. The minimum atomic E-state index is -2.66. The molecule has 6 aliphatic heterocycles. The van der Waals surface area contributed by atoms with Gasteiger partial charge in [0.1, 0.15) is 6.04 Å². The predicted octanol–water partition coefficient (Wildman–Crippen LogP) is 5.46. The van der Waals surface area contributed by atoms with Crippen molar-refractivity contribution in [1.82, 2.24) is 44.5 Å². The van der Waals surface area contributed by atoms with Crippen molar-refractivity contribution in [3.8, 4) is 11.1 Å². The minimum Gasteiger partial charge on any atom is -0.384 e. The molecular weight excluding hydrogens is 861 g/mol. The fraction of sp³-hybridized carbons (Fsp3) is 0.531. The Kier molecular flexibility index (Phi) is 12.4. The number of aromatic nitrogens is 4. The van der Waals surface area contributed by atoms with Gasteiger partial charge in [0, 0.05) is 113 Å². The first-order valence-corrected chi connectivity index (χ1v) is 24.0. The van der Waals surface area contributed by atoms with E-state index in [1.807, 2.05) is 11.0 Å². The number of likely N-dealkylation sites (tertiary alicyclic amines) is 2. The number of fused-ring (bicyclic) bond motifs is 3. The highest BCUT2D eigenvalue weighted by Crippen LogP contribution is 2.44. The number of hydrogen-bond acceptors (Lipinski definition) is 11. The summed E-state index contributed by atoms with van der Waals surface area (Å²) in [6.45, 7) is 9.98. The summed E-state index contributed by atoms with van der Waals surface area (Å²) in [5.41, 5.74) is 6.29. The summed E-state index contributed by atoms with van der Waals surface area (Å²) >= 11 is 0. The first-order valence-electron chi connectivity index (χ1n) is 24.0. The maximum Gasteiger partial charge on any atom is 0.264 e. The highest BCUT2D eigenvalue weighted by Gasteiger charge is 2.46. The highest BCUT2D eigenvalue weighted by atomic mass is 19.3. The van der Waals surface area contributed by atoms with Crippen LogP contribution < -0.4 is 15.5 Å². The van der Waals surface area contributed by atoms with E-state index in [2.05, 4.69) is 35.1 Å². The van der Waals surface area contributed by atoms with E-state index in [1.54, 1.807) is 55.3 Å². The summed E-state index contributed by atoms with van der Waals surface area (Å²) in [5.74, 6) is -0.681. The Morgan fingerprint density at radius 3 is 2.36 bits per heavy atom. The summed E-state index contributed by atoms with van der Waals surface area (Å²) in [4.78, 5) is 73.8. The van der Waals surface area contributed by atoms with Crippen LogP contribution in [0.25, 0.3) is 11.1 Å². The van der Waals surface area contributed by atoms with Gasteiger partial charge in [-0.15, -0.1) is 0 Å². The van der Waals surface area contributed by atoms with Gasteiger partial charge in [-0.1, -0.05) is 6.07 Å². The van der Waals surface area contributed by atoms with E-state index >= 15 is 0 Å². The van der Waals surface area contributed by atoms with E-state index in [-0.39, 0.29) is 35.9 Å². The molecule has 0 radical (unpaired) electrons. The van der Waals surface area contributed by atoms with E-state index in [0.717, 1.165) is 117 Å². The summed E-state index contributed by atoms with van der Waals surface area (Å²) in [6, 6.07) is 7.95. The number of alkyl halides is 2. The topological polar surface area (TPSA) is 161 Å². The second kappa shape index (κ2) is 18.6. The van der Waals surface area contributed by atoms with Crippen molar-refractivity contribution in [1.29, 1.82) is 0 Å². The Bertz CT molecular complexity index is 2590. The zero-order valence-electron chi connectivity index (χ0n) is 38.3. The van der Waals surface area contributed by atoms with Crippen molar-refractivity contribution in [3.05, 3.63) is 76.2 Å². The number of rotatable bonds is 12. The van der Waals surface area contributed by atoms with Crippen LogP contribution in [0.1, 0.15) is 114 Å². The fourth-order valence-corrected chi connectivity index (χ4v) is 11.3. The number of piperidine rings is 3. The van der Waals surface area contributed by atoms with Crippen molar-refractivity contribution in [3.63, 3.8) is 0 Å². The molecule has 3 saturated heterocycles. The Balaban J connectivity index is 0.733. The maximum absolute atomic E-state index is 14.7. The van der Waals surface area contributed by atoms with Gasteiger partial charge in [-0.3, -0.25) is 43.6 Å². The number of imide groups is 2. The molecule has 0 aliphatic carbocycles. The SMILES string of the molecule is CC(=O)N1CCc2c(c(N3CCCc4cc(-c5cnn(C)c5)c(C(F)F)cc43)nn2C2CCN(CCN3CCC(CCNc4cccc5c4C(=O)N(C4CCC(=O)NC4=O)C5=O)CC3)CC2)C1. The summed E-state index contributed by atoms with van der Waals surface area (Å²) in [5, 5.41) is 15.3. The highest BCUT2D eigenvalue weighted by molar-refractivity contribution is 6.25. The van der Waals surface area contributed by atoms with Gasteiger partial charge in [-0.2, -0.15) is 10.2 Å². The lowest BCUT2D eigenvalue weighted by Gasteiger charge is -2.36. The maximum atomic E-state index is 14.7. The molecular formula is C49H59F2N11O5. The molecule has 4 aromatic rings. The van der Waals surface area contributed by atoms with Gasteiger partial charge in [-0.25, -0.2) is 8.78 Å². The molecule has 16 nitrogen and oxygen atoms in total. The molecule has 354 valence electrons. The lowest BCUT2D eigenvalue weighted by atomic mass is 9.92. The molecule has 67 heavy (non-hydrogen) atoms. The summed E-state index contributed by atoms with van der Waals surface area (Å²) < 4.78 is 33.3. The first-order chi connectivity index (χ1) is 32.4. The molecule has 2 aromatic heterocycles. The molecule has 0 bridgehead atoms. The number of benzene rings is 2. The second-order valence-electron chi connectivity index (χ2n) is 19.2. The molecule has 0 spiro atoms. The third kappa shape index (κ3) is 8.73. The van der Waals surface area contributed by atoms with E-state index in [4.69, 9.17) is 5.10 Å². The molecule has 2 N–H and O–H groups in total. The molecule has 1 unspecified atom stereocenters. The van der Waals surface area contributed by atoms with Gasteiger partial charge < -0.3 is 24.9 Å². The van der Waals surface area contributed by atoms with Crippen LogP contribution in [0.3, 0.4) is 0 Å². The number of aryl methyl sites for hydroxylation is 2. The van der Waals surface area contributed by atoms with Gasteiger partial charge in [-0.05, 0) is 106 Å². The van der Waals surface area contributed by atoms with Crippen LogP contribution in [0.4, 0.5) is 26.0 Å². The molecule has 1 atom stereocenters. The van der Waals surface area contributed by atoms with Crippen molar-refractivity contribution in [2.45, 2.75) is 96.2 Å². The molecule has 8 heterocycles. The van der Waals surface area contributed by atoms with Gasteiger partial charge in [0.25, 0.3) is 18.2 Å². The quantitative estimate of drug-likeness (QED) is 0.174. The van der Waals surface area contributed by atoms with Crippen LogP contribution in [0.15, 0.2) is 42.7 Å². The summed E-state index contributed by atoms with van der Waals surface area (Å²) in [7, 11) is 1.79. The Morgan fingerprint density at radius 1 is 0.896 bits per heavy atom. The lowest BCUT2D eigenvalue weighted by Crippen LogP contribution is -2.54. The molecule has 5 amide bonds. The first kappa shape index (κ1) is 44.8. The number of nitrogens with zero attached hydrogens (tertiary/aromatic N) is 9. The number of amides is 5. The Hall–Kier alpha value is -6.01. The van der Waals surface area contributed by atoms with Crippen LogP contribution in [-0.2, 0) is 40.8 Å². The normalized spacial score (nSPS) is 21.0. The second-order valence-corrected chi connectivity index (χ2v) is 19.2. The molecule has 0 saturated carbocycles. The number of nitrogens with one attached hydrogen (secondary N) is 2. The van der Waals surface area contributed by atoms with Crippen LogP contribution in [-0.4, -0.2) is 134 Å². The lowest BCUT2D eigenvalue weighted by molar-refractivity contribution is -0.136. The predicted molar refractivity (Wildman–Crippen MR) is 246 cm³/mol. The number of hydrogen-bond donors (Lipinski definition) is 2. The van der Waals surface area contributed by atoms with E-state index in [9.17, 15) is 32.8 Å². The number of anilines is 3. The summed E-state index contributed by atoms with van der Waals surface area (Å²) in [6.07, 6.45) is 8.32. The zero-order chi connectivity index (χ0) is 46.5. The van der Waals surface area contributed by atoms with Crippen molar-refractivity contribution >= 4 is 46.7 Å². The van der Waals surface area contributed by atoms with Gasteiger partial charge in [0.15, 0.2) is 5.82 Å². The van der Waals surface area contributed by atoms with Crippen molar-refractivity contribution in [2.75, 3.05) is 69.1 Å². The standard InChI is InChI=1S/C49H59F2N11O5/c1-30(63)59-22-15-40-38(29-59)46(60-17-4-5-32-25-36(33-27-53-56(2)28-33)37(45(50)51)26-42(32)60)55-62(40)34-13-20-58(21-14-34)24-23-57-18-11-31(12-19-57)10-16-52-39-7-3-6-35-44(39)49(67)61(48(35)66)41-8-9-43(64)54-47(41)65/h3,6-7,25-28,31,34,41,45,52H,4-5,8-24,29H2,1-2H3,(H,54,64,65). The van der Waals surface area contributed by atoms with Crippen LogP contribution in [0.2, 0.25) is 0 Å². The van der Waals surface area contributed by atoms with E-state index in [0.29, 0.717) is 60.9 Å². The smallest absolute Gasteiger partial charge is 0.264 e. The molecule has 2 aromatic carbocycles. The monoisotopic (exact) mass is 919 g/mol.